The molecule has 0 spiro atoms. The number of piperidine rings is 1. The number of ether oxygens (including phenoxy) is 1. The van der Waals surface area contributed by atoms with Gasteiger partial charge >= 0.3 is 6.09 Å². The number of hydrogen-bond acceptors (Lipinski definition) is 7. The van der Waals surface area contributed by atoms with Gasteiger partial charge in [-0.15, -0.1) is 29.8 Å². The molecule has 1 aliphatic carbocycles. The molecule has 0 bridgehead atoms. The van der Waals surface area contributed by atoms with Gasteiger partial charge in [0.2, 0.25) is 23.5 Å². The molecular formula is C31H49Cl2N5O7. The highest BCUT2D eigenvalue weighted by Crippen LogP contribution is 2.65. The second-order valence-corrected chi connectivity index (χ2v) is 16.2. The second-order valence-electron chi connectivity index (χ2n) is 14.8. The van der Waals surface area contributed by atoms with Gasteiger partial charge in [0.05, 0.1) is 6.04 Å². The fourth-order valence-corrected chi connectivity index (χ4v) is 6.03. The van der Waals surface area contributed by atoms with Gasteiger partial charge in [-0.2, -0.15) is 0 Å². The van der Waals surface area contributed by atoms with Gasteiger partial charge in [0.15, 0.2) is 0 Å². The zero-order valence-electron chi connectivity index (χ0n) is 27.8. The van der Waals surface area contributed by atoms with Gasteiger partial charge in [-0.1, -0.05) is 26.8 Å². The number of allylic oxidation sites excluding steroid dienone is 1. The van der Waals surface area contributed by atoms with Crippen LogP contribution in [-0.4, -0.2) is 87.1 Å². The van der Waals surface area contributed by atoms with E-state index < -0.39 is 80.4 Å². The minimum atomic E-state index is -1.26. The zero-order chi connectivity index (χ0) is 34.7. The fourth-order valence-electron chi connectivity index (χ4n) is 5.20. The number of likely N-dealkylation sites (tertiary alicyclic amines) is 1. The number of nitrogens with zero attached hydrogens (tertiary/aromatic N) is 1. The van der Waals surface area contributed by atoms with Gasteiger partial charge in [-0.3, -0.25) is 24.0 Å². The molecule has 0 radical (unpaired) electrons. The Morgan fingerprint density at radius 1 is 1.00 bits per heavy atom. The smallest absolute Gasteiger partial charge is 0.408 e. The summed E-state index contributed by atoms with van der Waals surface area (Å²) in [5.41, 5.74) is -2.03. The molecule has 0 aromatic carbocycles. The first kappa shape index (κ1) is 38.3. The average molecular weight is 675 g/mol. The molecule has 5 atom stereocenters. The third-order valence-electron chi connectivity index (χ3n) is 7.33. The third kappa shape index (κ3) is 10.6. The van der Waals surface area contributed by atoms with E-state index in [1.54, 1.807) is 47.6 Å². The highest BCUT2D eigenvalue weighted by Gasteiger charge is 2.74. The molecule has 1 heterocycles. The molecule has 4 unspecified atom stereocenters. The van der Waals surface area contributed by atoms with Crippen LogP contribution in [0.25, 0.3) is 0 Å². The van der Waals surface area contributed by atoms with Crippen molar-refractivity contribution in [3.8, 4) is 0 Å². The SMILES string of the molecule is C=CCCC(NC(=O)[C@@H]1C2C(CN1C(=O)C(NC(=O)OC(C)(C)C)C(C)(C)C)C2(Cl)Cl)C(=O)C(=O)NCCC(=O)NC(C)(C)C. The molecule has 254 valence electrons. The van der Waals surface area contributed by atoms with Crippen LogP contribution in [0.1, 0.15) is 81.6 Å². The van der Waals surface area contributed by atoms with E-state index in [1.165, 1.54) is 4.90 Å². The van der Waals surface area contributed by atoms with Gasteiger partial charge in [-0.25, -0.2) is 4.79 Å². The lowest BCUT2D eigenvalue weighted by molar-refractivity contribution is -0.145. The van der Waals surface area contributed by atoms with E-state index in [0.29, 0.717) is 6.42 Å². The largest absolute Gasteiger partial charge is 0.444 e. The zero-order valence-corrected chi connectivity index (χ0v) is 29.3. The van der Waals surface area contributed by atoms with Crippen LogP contribution in [0, 0.1) is 17.3 Å². The van der Waals surface area contributed by atoms with Crippen molar-refractivity contribution in [1.29, 1.82) is 0 Å². The number of carbonyl (C=O) groups is 6. The summed E-state index contributed by atoms with van der Waals surface area (Å²) < 4.78 is 4.10. The molecule has 0 aromatic heterocycles. The standard InChI is InChI=1S/C31H49Cl2N5O7/c1-11-12-13-18(22(40)25(42)34-15-14-19(39)37-29(5,6)7)35-24(41)21-20-17(31(20,32)33)16-38(21)26(43)23(28(2,3)4)36-27(44)45-30(8,9)10/h11,17-18,20-21,23H,1,12-16H2,2-10H3,(H,34,42)(H,35,41)(H,36,44)(H,37,39)/t17?,18?,20?,21-,23?/m0/s1. The molecule has 0 aromatic rings. The number of fused-ring (bicyclic) bond motifs is 1. The Hall–Kier alpha value is -2.86. The Labute approximate surface area is 276 Å². The molecule has 1 aliphatic heterocycles. The number of alkyl halides is 2. The van der Waals surface area contributed by atoms with Crippen LogP contribution in [0.3, 0.4) is 0 Å². The number of carbonyl (C=O) groups excluding carboxylic acids is 6. The van der Waals surface area contributed by atoms with Crippen LogP contribution < -0.4 is 21.3 Å². The van der Waals surface area contributed by atoms with Crippen molar-refractivity contribution in [3.63, 3.8) is 0 Å². The maximum atomic E-state index is 14.0. The van der Waals surface area contributed by atoms with Crippen LogP contribution in [0.2, 0.25) is 0 Å². The summed E-state index contributed by atoms with van der Waals surface area (Å²) >= 11 is 13.0. The molecule has 12 nitrogen and oxygen atoms in total. The number of Topliss-reactive ketones (excluding diaryl/α,β-unsaturated/α-hetero) is 1. The monoisotopic (exact) mass is 673 g/mol. The minimum Gasteiger partial charge on any atom is -0.444 e. The molecule has 5 amide bonds. The molecule has 45 heavy (non-hydrogen) atoms. The minimum absolute atomic E-state index is 0.0397. The molecule has 1 saturated carbocycles. The number of hydrogen-bond donors (Lipinski definition) is 4. The van der Waals surface area contributed by atoms with Gasteiger partial charge in [-0.05, 0) is 59.8 Å². The summed E-state index contributed by atoms with van der Waals surface area (Å²) in [7, 11) is 0. The first-order chi connectivity index (χ1) is 20.4. The van der Waals surface area contributed by atoms with Crippen LogP contribution >= 0.6 is 23.2 Å². The Kier molecular flexibility index (Phi) is 12.2. The van der Waals surface area contributed by atoms with Gasteiger partial charge < -0.3 is 30.9 Å². The maximum absolute atomic E-state index is 14.0. The Morgan fingerprint density at radius 3 is 2.11 bits per heavy atom. The Balaban J connectivity index is 2.23. The van der Waals surface area contributed by atoms with Crippen molar-refractivity contribution in [2.45, 2.75) is 115 Å². The molecule has 2 rings (SSSR count). The lowest BCUT2D eigenvalue weighted by Gasteiger charge is -2.37. The van der Waals surface area contributed by atoms with Gasteiger partial charge in [0.1, 0.15) is 22.0 Å². The normalized spacial score (nSPS) is 21.8. The van der Waals surface area contributed by atoms with E-state index in [-0.39, 0.29) is 31.8 Å². The van der Waals surface area contributed by atoms with Crippen molar-refractivity contribution >= 4 is 58.7 Å². The van der Waals surface area contributed by atoms with E-state index >= 15 is 0 Å². The first-order valence-electron chi connectivity index (χ1n) is 15.1. The number of amides is 5. The molecule has 14 heteroatoms. The number of alkyl carbamates (subject to hydrolysis) is 1. The van der Waals surface area contributed by atoms with Crippen molar-refractivity contribution in [2.24, 2.45) is 17.3 Å². The van der Waals surface area contributed by atoms with E-state index in [2.05, 4.69) is 27.8 Å². The lowest BCUT2D eigenvalue weighted by Crippen LogP contribution is -2.61. The van der Waals surface area contributed by atoms with Crippen LogP contribution in [0.5, 0.6) is 0 Å². The van der Waals surface area contributed by atoms with Crippen molar-refractivity contribution < 1.29 is 33.5 Å². The van der Waals surface area contributed by atoms with Crippen LogP contribution in [0.15, 0.2) is 12.7 Å². The number of rotatable bonds is 12. The van der Waals surface area contributed by atoms with E-state index in [9.17, 15) is 28.8 Å². The lowest BCUT2D eigenvalue weighted by atomic mass is 9.85. The first-order valence-corrected chi connectivity index (χ1v) is 15.9. The van der Waals surface area contributed by atoms with Crippen LogP contribution in [-0.2, 0) is 28.7 Å². The number of halogens is 2. The highest BCUT2D eigenvalue weighted by atomic mass is 35.5. The maximum Gasteiger partial charge on any atom is 0.408 e. The summed E-state index contributed by atoms with van der Waals surface area (Å²) in [5.74, 6) is -4.45. The predicted molar refractivity (Wildman–Crippen MR) is 171 cm³/mol. The van der Waals surface area contributed by atoms with E-state index in [0.717, 1.165) is 0 Å². The molecule has 1 saturated heterocycles. The van der Waals surface area contributed by atoms with Crippen molar-refractivity contribution in [3.05, 3.63) is 12.7 Å². The summed E-state index contributed by atoms with van der Waals surface area (Å²) in [6.07, 6.45) is 1.09. The van der Waals surface area contributed by atoms with Crippen molar-refractivity contribution in [2.75, 3.05) is 13.1 Å². The van der Waals surface area contributed by atoms with E-state index in [1.807, 2.05) is 20.8 Å². The summed E-state index contributed by atoms with van der Waals surface area (Å²) in [6.45, 7) is 19.5. The van der Waals surface area contributed by atoms with Gasteiger partial charge in [0, 0.05) is 36.9 Å². The topological polar surface area (TPSA) is 163 Å². The number of nitrogens with one attached hydrogen (secondary N) is 4. The summed E-state index contributed by atoms with van der Waals surface area (Å²) in [4.78, 5) is 79.7. The van der Waals surface area contributed by atoms with Crippen molar-refractivity contribution in [1.82, 2.24) is 26.2 Å². The van der Waals surface area contributed by atoms with Gasteiger partial charge in [0.25, 0.3) is 5.91 Å². The summed E-state index contributed by atoms with van der Waals surface area (Å²) in [6, 6.07) is -3.47. The average Bonchev–Trinajstić information content (AvgIpc) is 3.19. The molecule has 2 fully saturated rings. The fraction of sp³-hybridized carbons (Fsp3) is 0.742. The van der Waals surface area contributed by atoms with E-state index in [4.69, 9.17) is 27.9 Å². The molecule has 4 N–H and O–H groups in total. The molecule has 2 aliphatic rings. The highest BCUT2D eigenvalue weighted by molar-refractivity contribution is 6.51. The second kappa shape index (κ2) is 14.3. The Bertz CT molecular complexity index is 1190. The van der Waals surface area contributed by atoms with Crippen LogP contribution in [0.4, 0.5) is 4.79 Å². The predicted octanol–water partition coefficient (Wildman–Crippen LogP) is 3.00. The molecular weight excluding hydrogens is 625 g/mol. The third-order valence-corrected chi connectivity index (χ3v) is 8.39. The summed E-state index contributed by atoms with van der Waals surface area (Å²) in [5, 5.41) is 10.5. The quantitative estimate of drug-likeness (QED) is 0.141. The number of ketones is 1. The Morgan fingerprint density at radius 2 is 1.60 bits per heavy atom.